The monoisotopic (exact) mass is 232 g/mol. The minimum absolute atomic E-state index is 0.253. The van der Waals surface area contributed by atoms with E-state index >= 15 is 0 Å². The molecule has 0 saturated heterocycles. The van der Waals surface area contributed by atoms with Gasteiger partial charge in [-0.15, -0.1) is 0 Å². The van der Waals surface area contributed by atoms with Crippen LogP contribution in [0.4, 0.5) is 0 Å². The third-order valence-corrected chi connectivity index (χ3v) is 3.15. The molecule has 1 atom stereocenters. The summed E-state index contributed by atoms with van der Waals surface area (Å²) in [6.45, 7) is 2.05. The summed E-state index contributed by atoms with van der Waals surface area (Å²) in [5, 5.41) is 1.30. The molecule has 0 radical (unpaired) electrons. The van der Waals surface area contributed by atoms with Gasteiger partial charge in [0.2, 0.25) is 0 Å². The summed E-state index contributed by atoms with van der Waals surface area (Å²) in [6, 6.07) is 6.47. The van der Waals surface area contributed by atoms with Crippen LogP contribution in [0.15, 0.2) is 24.4 Å². The van der Waals surface area contributed by atoms with Gasteiger partial charge in [-0.2, -0.15) is 0 Å². The zero-order valence-electron chi connectivity index (χ0n) is 10.7. The first kappa shape index (κ1) is 12.0. The van der Waals surface area contributed by atoms with Gasteiger partial charge in [0.05, 0.1) is 12.6 Å². The van der Waals surface area contributed by atoms with E-state index in [4.69, 9.17) is 10.5 Å². The number of benzene rings is 1. The highest BCUT2D eigenvalue weighted by atomic mass is 16.5. The average molecular weight is 232 g/mol. The number of rotatable bonds is 4. The molecule has 1 aromatic carbocycles. The molecule has 0 fully saturated rings. The van der Waals surface area contributed by atoms with E-state index in [-0.39, 0.29) is 6.04 Å². The Balaban J connectivity index is 2.38. The maximum atomic E-state index is 5.81. The third-order valence-electron chi connectivity index (χ3n) is 3.15. The number of ether oxygens (including phenoxy) is 1. The van der Waals surface area contributed by atoms with Crippen LogP contribution in [-0.4, -0.2) is 17.7 Å². The van der Waals surface area contributed by atoms with Gasteiger partial charge in [-0.25, -0.2) is 0 Å². The van der Waals surface area contributed by atoms with Gasteiger partial charge in [-0.1, -0.05) is 0 Å². The fourth-order valence-corrected chi connectivity index (χ4v) is 2.16. The van der Waals surface area contributed by atoms with Crippen molar-refractivity contribution >= 4 is 10.9 Å². The lowest BCUT2D eigenvalue weighted by molar-refractivity contribution is 0.415. The van der Waals surface area contributed by atoms with Crippen molar-refractivity contribution < 1.29 is 4.74 Å². The summed E-state index contributed by atoms with van der Waals surface area (Å²) < 4.78 is 7.40. The quantitative estimate of drug-likeness (QED) is 0.879. The van der Waals surface area contributed by atoms with Gasteiger partial charge in [0.15, 0.2) is 0 Å². The maximum Gasteiger partial charge on any atom is 0.120 e. The number of hydrogen-bond donors (Lipinski definition) is 1. The lowest BCUT2D eigenvalue weighted by atomic mass is 10.1. The number of nitrogens with zero attached hydrogens (tertiary/aromatic N) is 1. The van der Waals surface area contributed by atoms with Crippen molar-refractivity contribution in [3.63, 3.8) is 0 Å². The van der Waals surface area contributed by atoms with Crippen LogP contribution in [0.2, 0.25) is 0 Å². The number of aromatic nitrogens is 1. The van der Waals surface area contributed by atoms with Gasteiger partial charge in [0.1, 0.15) is 5.75 Å². The van der Waals surface area contributed by atoms with Gasteiger partial charge in [0, 0.05) is 30.7 Å². The second-order valence-electron chi connectivity index (χ2n) is 4.66. The van der Waals surface area contributed by atoms with Crippen molar-refractivity contribution in [2.45, 2.75) is 25.8 Å². The van der Waals surface area contributed by atoms with Crippen LogP contribution in [0.5, 0.6) is 5.75 Å². The van der Waals surface area contributed by atoms with Crippen LogP contribution in [0.25, 0.3) is 10.9 Å². The smallest absolute Gasteiger partial charge is 0.120 e. The molecule has 2 N–H and O–H groups in total. The average Bonchev–Trinajstić information content (AvgIpc) is 2.63. The largest absolute Gasteiger partial charge is 0.497 e. The summed E-state index contributed by atoms with van der Waals surface area (Å²) in [6.07, 6.45) is 4.24. The predicted molar refractivity (Wildman–Crippen MR) is 71.4 cm³/mol. The van der Waals surface area contributed by atoms with E-state index in [2.05, 4.69) is 29.9 Å². The fraction of sp³-hybridized carbons (Fsp3) is 0.429. The maximum absolute atomic E-state index is 5.81. The Hall–Kier alpha value is -1.48. The molecule has 0 bridgehead atoms. The van der Waals surface area contributed by atoms with Crippen LogP contribution in [0.1, 0.15) is 18.9 Å². The van der Waals surface area contributed by atoms with Crippen molar-refractivity contribution in [1.29, 1.82) is 0 Å². The molecule has 2 aromatic rings. The first-order valence-corrected chi connectivity index (χ1v) is 5.99. The molecule has 3 heteroatoms. The molecule has 3 nitrogen and oxygen atoms in total. The van der Waals surface area contributed by atoms with Crippen LogP contribution in [0, 0.1) is 0 Å². The molecule has 0 saturated carbocycles. The summed E-state index contributed by atoms with van der Waals surface area (Å²) in [7, 11) is 3.76. The van der Waals surface area contributed by atoms with Crippen molar-refractivity contribution in [2.24, 2.45) is 12.8 Å². The molecule has 0 aliphatic rings. The molecule has 17 heavy (non-hydrogen) atoms. The topological polar surface area (TPSA) is 40.2 Å². The number of aryl methyl sites for hydroxylation is 2. The van der Waals surface area contributed by atoms with Crippen molar-refractivity contribution in [1.82, 2.24) is 4.57 Å². The van der Waals surface area contributed by atoms with Gasteiger partial charge < -0.3 is 15.0 Å². The number of hydrogen-bond acceptors (Lipinski definition) is 2. The Morgan fingerprint density at radius 1 is 1.41 bits per heavy atom. The Bertz CT molecular complexity index is 514. The molecular weight excluding hydrogens is 212 g/mol. The van der Waals surface area contributed by atoms with E-state index in [1.165, 1.54) is 16.5 Å². The molecule has 0 amide bonds. The Morgan fingerprint density at radius 2 is 2.18 bits per heavy atom. The third kappa shape index (κ3) is 2.44. The summed E-state index contributed by atoms with van der Waals surface area (Å²) in [5.74, 6) is 0.900. The first-order chi connectivity index (χ1) is 8.11. The van der Waals surface area contributed by atoms with Gasteiger partial charge in [0.25, 0.3) is 0 Å². The van der Waals surface area contributed by atoms with Crippen LogP contribution >= 0.6 is 0 Å². The van der Waals surface area contributed by atoms with Gasteiger partial charge >= 0.3 is 0 Å². The summed E-state index contributed by atoms with van der Waals surface area (Å²) >= 11 is 0. The minimum Gasteiger partial charge on any atom is -0.497 e. The molecule has 0 aliphatic carbocycles. The Morgan fingerprint density at radius 3 is 2.82 bits per heavy atom. The second-order valence-corrected chi connectivity index (χ2v) is 4.66. The summed E-state index contributed by atoms with van der Waals surface area (Å²) in [5.41, 5.74) is 8.39. The van der Waals surface area contributed by atoms with Crippen molar-refractivity contribution in [2.75, 3.05) is 7.11 Å². The van der Waals surface area contributed by atoms with E-state index in [1.54, 1.807) is 7.11 Å². The molecule has 2 rings (SSSR count). The Kier molecular flexibility index (Phi) is 3.38. The molecule has 0 aliphatic heterocycles. The van der Waals surface area contributed by atoms with Crippen LogP contribution in [-0.2, 0) is 13.5 Å². The standard InChI is InChI=1S/C14H20N2O/c1-10(15)4-5-11-9-16(2)14-8-12(17-3)6-7-13(11)14/h6-10H,4-5,15H2,1-3H3. The van der Waals surface area contributed by atoms with Gasteiger partial charge in [-0.3, -0.25) is 0 Å². The highest BCUT2D eigenvalue weighted by Gasteiger charge is 2.08. The lowest BCUT2D eigenvalue weighted by Gasteiger charge is -2.04. The van der Waals surface area contributed by atoms with E-state index in [0.717, 1.165) is 18.6 Å². The van der Waals surface area contributed by atoms with Crippen LogP contribution < -0.4 is 10.5 Å². The van der Waals surface area contributed by atoms with Crippen LogP contribution in [0.3, 0.4) is 0 Å². The molecule has 1 unspecified atom stereocenters. The molecule has 1 heterocycles. The van der Waals surface area contributed by atoms with E-state index in [0.29, 0.717) is 0 Å². The Labute approximate surface area is 102 Å². The number of fused-ring (bicyclic) bond motifs is 1. The zero-order valence-corrected chi connectivity index (χ0v) is 10.7. The molecule has 92 valence electrons. The highest BCUT2D eigenvalue weighted by Crippen LogP contribution is 2.26. The van der Waals surface area contributed by atoms with E-state index in [9.17, 15) is 0 Å². The fourth-order valence-electron chi connectivity index (χ4n) is 2.16. The molecule has 0 spiro atoms. The number of methoxy groups -OCH3 is 1. The minimum atomic E-state index is 0.253. The zero-order chi connectivity index (χ0) is 12.4. The van der Waals surface area contributed by atoms with Crippen molar-refractivity contribution in [3.05, 3.63) is 30.0 Å². The van der Waals surface area contributed by atoms with E-state index < -0.39 is 0 Å². The molecular formula is C14H20N2O. The van der Waals surface area contributed by atoms with E-state index in [1.807, 2.05) is 13.0 Å². The predicted octanol–water partition coefficient (Wildman–Crippen LogP) is 2.47. The summed E-state index contributed by atoms with van der Waals surface area (Å²) in [4.78, 5) is 0. The normalized spacial score (nSPS) is 12.9. The molecule has 1 aromatic heterocycles. The van der Waals surface area contributed by atoms with Crippen molar-refractivity contribution in [3.8, 4) is 5.75 Å². The second kappa shape index (κ2) is 4.80. The SMILES string of the molecule is COc1ccc2c(CCC(C)N)cn(C)c2c1. The van der Waals surface area contributed by atoms with Gasteiger partial charge in [-0.05, 0) is 37.5 Å². The lowest BCUT2D eigenvalue weighted by Crippen LogP contribution is -2.15. The first-order valence-electron chi connectivity index (χ1n) is 5.99. The number of nitrogens with two attached hydrogens (primary N) is 1. The highest BCUT2D eigenvalue weighted by molar-refractivity contribution is 5.85.